The van der Waals surface area contributed by atoms with Crippen molar-refractivity contribution in [3.8, 4) is 0 Å². The number of hydrogen-bond acceptors (Lipinski definition) is 2. The molecule has 1 aromatic rings. The summed E-state index contributed by atoms with van der Waals surface area (Å²) < 4.78 is 2.41. The maximum Gasteiger partial charge on any atom is 0.109 e. The molecule has 0 aromatic carbocycles. The highest BCUT2D eigenvalue weighted by Crippen LogP contribution is 2.28. The molecule has 3 rings (SSSR count). The van der Waals surface area contributed by atoms with Crippen LogP contribution >= 0.6 is 0 Å². The van der Waals surface area contributed by atoms with E-state index in [0.717, 1.165) is 6.54 Å². The standard InChI is InChI=1S/C13H21N3/c1-10-4-2-6-13-15-12(9-16(10)13)11-5-3-7-14-8-11/h9-11,14H,2-8H2,1H3/t10-,11+/m0/s1. The van der Waals surface area contributed by atoms with Crippen LogP contribution < -0.4 is 5.32 Å². The molecule has 0 radical (unpaired) electrons. The second kappa shape index (κ2) is 4.21. The van der Waals surface area contributed by atoms with Gasteiger partial charge < -0.3 is 9.88 Å². The second-order valence-electron chi connectivity index (χ2n) is 5.27. The maximum atomic E-state index is 4.85. The zero-order chi connectivity index (χ0) is 11.0. The summed E-state index contributed by atoms with van der Waals surface area (Å²) in [6.07, 6.45) is 8.70. The van der Waals surface area contributed by atoms with Crippen molar-refractivity contribution in [3.63, 3.8) is 0 Å². The van der Waals surface area contributed by atoms with E-state index in [1.54, 1.807) is 0 Å². The Labute approximate surface area is 97.3 Å². The first-order valence-electron chi connectivity index (χ1n) is 6.63. The van der Waals surface area contributed by atoms with Crippen LogP contribution in [0.3, 0.4) is 0 Å². The number of hydrogen-bond donors (Lipinski definition) is 1. The van der Waals surface area contributed by atoms with Crippen molar-refractivity contribution in [2.24, 2.45) is 0 Å². The molecule has 0 unspecified atom stereocenters. The van der Waals surface area contributed by atoms with Gasteiger partial charge in [-0.3, -0.25) is 0 Å². The number of aromatic nitrogens is 2. The summed E-state index contributed by atoms with van der Waals surface area (Å²) in [5.74, 6) is 1.97. The van der Waals surface area contributed by atoms with Crippen molar-refractivity contribution < 1.29 is 0 Å². The average molecular weight is 219 g/mol. The number of nitrogens with zero attached hydrogens (tertiary/aromatic N) is 2. The van der Waals surface area contributed by atoms with Crippen LogP contribution in [0.25, 0.3) is 0 Å². The van der Waals surface area contributed by atoms with E-state index in [-0.39, 0.29) is 0 Å². The fraction of sp³-hybridized carbons (Fsp3) is 0.769. The smallest absolute Gasteiger partial charge is 0.109 e. The summed E-state index contributed by atoms with van der Waals surface area (Å²) >= 11 is 0. The summed E-state index contributed by atoms with van der Waals surface area (Å²) in [6, 6.07) is 0.654. The first-order chi connectivity index (χ1) is 7.84. The Hall–Kier alpha value is -0.830. The normalized spacial score (nSPS) is 30.1. The van der Waals surface area contributed by atoms with E-state index in [2.05, 4.69) is 23.0 Å². The summed E-state index contributed by atoms with van der Waals surface area (Å²) in [5, 5.41) is 3.48. The van der Waals surface area contributed by atoms with Gasteiger partial charge in [0, 0.05) is 31.1 Å². The summed E-state index contributed by atoms with van der Waals surface area (Å²) in [6.45, 7) is 4.61. The van der Waals surface area contributed by atoms with E-state index in [1.165, 1.54) is 50.2 Å². The number of imidazole rings is 1. The lowest BCUT2D eigenvalue weighted by Gasteiger charge is -2.21. The van der Waals surface area contributed by atoms with Crippen molar-refractivity contribution in [3.05, 3.63) is 17.7 Å². The number of aryl methyl sites for hydroxylation is 1. The minimum Gasteiger partial charge on any atom is -0.332 e. The van der Waals surface area contributed by atoms with Crippen molar-refractivity contribution in [1.82, 2.24) is 14.9 Å². The zero-order valence-electron chi connectivity index (χ0n) is 10.1. The third-order valence-electron chi connectivity index (χ3n) is 4.04. The zero-order valence-corrected chi connectivity index (χ0v) is 10.1. The Morgan fingerprint density at radius 3 is 3.06 bits per heavy atom. The molecule has 2 atom stereocenters. The Bertz CT molecular complexity index is 363. The number of rotatable bonds is 1. The lowest BCUT2D eigenvalue weighted by atomic mass is 9.97. The van der Waals surface area contributed by atoms with Gasteiger partial charge in [-0.2, -0.15) is 0 Å². The molecule has 2 aliphatic heterocycles. The molecule has 3 nitrogen and oxygen atoms in total. The van der Waals surface area contributed by atoms with Crippen molar-refractivity contribution in [1.29, 1.82) is 0 Å². The molecule has 0 saturated carbocycles. The number of nitrogens with one attached hydrogen (secondary N) is 1. The van der Waals surface area contributed by atoms with Crippen molar-refractivity contribution >= 4 is 0 Å². The highest BCUT2D eigenvalue weighted by atomic mass is 15.1. The van der Waals surface area contributed by atoms with Gasteiger partial charge in [0.1, 0.15) is 5.82 Å². The van der Waals surface area contributed by atoms with Crippen molar-refractivity contribution in [2.45, 2.75) is 51.0 Å². The van der Waals surface area contributed by atoms with E-state index in [9.17, 15) is 0 Å². The molecular weight excluding hydrogens is 198 g/mol. The monoisotopic (exact) mass is 219 g/mol. The van der Waals surface area contributed by atoms with Crippen LogP contribution in [0, 0.1) is 0 Å². The maximum absolute atomic E-state index is 4.85. The molecule has 1 fully saturated rings. The molecule has 3 heterocycles. The van der Waals surface area contributed by atoms with Gasteiger partial charge in [0.2, 0.25) is 0 Å². The van der Waals surface area contributed by atoms with E-state index >= 15 is 0 Å². The van der Waals surface area contributed by atoms with Crippen LogP contribution in [0.4, 0.5) is 0 Å². The van der Waals surface area contributed by atoms with Crippen LogP contribution in [-0.4, -0.2) is 22.6 Å². The molecule has 0 spiro atoms. The van der Waals surface area contributed by atoms with Gasteiger partial charge in [-0.15, -0.1) is 0 Å². The fourth-order valence-corrected chi connectivity index (χ4v) is 3.01. The summed E-state index contributed by atoms with van der Waals surface area (Å²) in [4.78, 5) is 4.85. The molecule has 88 valence electrons. The van der Waals surface area contributed by atoms with Crippen LogP contribution in [0.15, 0.2) is 6.20 Å². The van der Waals surface area contributed by atoms with Crippen LogP contribution in [-0.2, 0) is 6.42 Å². The number of piperidine rings is 1. The fourth-order valence-electron chi connectivity index (χ4n) is 3.01. The SMILES string of the molecule is C[C@H]1CCCc2nc([C@@H]3CCCNC3)cn21. The van der Waals surface area contributed by atoms with Gasteiger partial charge in [-0.25, -0.2) is 4.98 Å². The molecule has 1 N–H and O–H groups in total. The third kappa shape index (κ3) is 1.77. The average Bonchev–Trinajstić information content (AvgIpc) is 2.76. The van der Waals surface area contributed by atoms with E-state index in [4.69, 9.17) is 4.98 Å². The molecule has 0 aliphatic carbocycles. The van der Waals surface area contributed by atoms with Crippen LogP contribution in [0.2, 0.25) is 0 Å². The van der Waals surface area contributed by atoms with E-state index in [0.29, 0.717) is 12.0 Å². The summed E-state index contributed by atoms with van der Waals surface area (Å²) in [5.41, 5.74) is 1.33. The van der Waals surface area contributed by atoms with E-state index < -0.39 is 0 Å². The largest absolute Gasteiger partial charge is 0.332 e. The van der Waals surface area contributed by atoms with Gasteiger partial charge in [-0.1, -0.05) is 0 Å². The van der Waals surface area contributed by atoms with Gasteiger partial charge in [0.05, 0.1) is 5.69 Å². The molecule has 0 amide bonds. The Kier molecular flexibility index (Phi) is 2.72. The van der Waals surface area contributed by atoms with Gasteiger partial charge in [-0.05, 0) is 39.2 Å². The quantitative estimate of drug-likeness (QED) is 0.785. The predicted molar refractivity (Wildman–Crippen MR) is 64.7 cm³/mol. The molecular formula is C13H21N3. The topological polar surface area (TPSA) is 29.9 Å². The van der Waals surface area contributed by atoms with Gasteiger partial charge >= 0.3 is 0 Å². The predicted octanol–water partition coefficient (Wildman–Crippen LogP) is 2.25. The Morgan fingerprint density at radius 2 is 2.31 bits per heavy atom. The first-order valence-corrected chi connectivity index (χ1v) is 6.63. The molecule has 0 bridgehead atoms. The van der Waals surface area contributed by atoms with E-state index in [1.807, 2.05) is 0 Å². The second-order valence-corrected chi connectivity index (χ2v) is 5.27. The highest BCUT2D eigenvalue weighted by Gasteiger charge is 2.23. The number of fused-ring (bicyclic) bond motifs is 1. The first kappa shape index (κ1) is 10.3. The van der Waals surface area contributed by atoms with Crippen LogP contribution in [0.5, 0.6) is 0 Å². The molecule has 1 aromatic heterocycles. The molecule has 1 saturated heterocycles. The highest BCUT2D eigenvalue weighted by molar-refractivity contribution is 5.13. The minimum absolute atomic E-state index is 0.652. The Morgan fingerprint density at radius 1 is 1.38 bits per heavy atom. The Balaban J connectivity index is 1.85. The third-order valence-corrected chi connectivity index (χ3v) is 4.04. The molecule has 16 heavy (non-hydrogen) atoms. The minimum atomic E-state index is 0.652. The van der Waals surface area contributed by atoms with Crippen LogP contribution in [0.1, 0.15) is 56.1 Å². The van der Waals surface area contributed by atoms with Gasteiger partial charge in [0.25, 0.3) is 0 Å². The van der Waals surface area contributed by atoms with Gasteiger partial charge in [0.15, 0.2) is 0 Å². The lowest BCUT2D eigenvalue weighted by Crippen LogP contribution is -2.28. The summed E-state index contributed by atoms with van der Waals surface area (Å²) in [7, 11) is 0. The molecule has 2 aliphatic rings. The molecule has 3 heteroatoms. The lowest BCUT2D eigenvalue weighted by molar-refractivity contribution is 0.425. The van der Waals surface area contributed by atoms with Crippen molar-refractivity contribution in [2.75, 3.05) is 13.1 Å².